The molecule has 0 aromatic heterocycles. The van der Waals surface area contributed by atoms with Gasteiger partial charge in [0.25, 0.3) is 0 Å². The second-order valence-corrected chi connectivity index (χ2v) is 6.74. The molecule has 3 rings (SSSR count). The molecule has 0 aliphatic heterocycles. The number of halogens is 1. The highest BCUT2D eigenvalue weighted by Gasteiger charge is 2.20. The fourth-order valence-electron chi connectivity index (χ4n) is 2.96. The van der Waals surface area contributed by atoms with E-state index in [4.69, 9.17) is 0 Å². The maximum atomic E-state index is 13.7. The molecule has 0 saturated carbocycles. The van der Waals surface area contributed by atoms with Gasteiger partial charge in [-0.3, -0.25) is 4.79 Å². The SMILES string of the molecule is CCNC(=O)CC1=C/C(=C/c2ccc(SC)cc2)c2ccc(F)cc21. The molecule has 25 heavy (non-hydrogen) atoms. The Kier molecular flexibility index (Phi) is 5.39. The summed E-state index contributed by atoms with van der Waals surface area (Å²) in [5.74, 6) is -0.333. The molecule has 1 N–H and O–H groups in total. The summed E-state index contributed by atoms with van der Waals surface area (Å²) < 4.78 is 13.7. The van der Waals surface area contributed by atoms with E-state index in [1.165, 1.54) is 17.0 Å². The number of benzene rings is 2. The molecule has 0 bridgehead atoms. The molecule has 1 amide bonds. The molecule has 0 spiro atoms. The van der Waals surface area contributed by atoms with Gasteiger partial charge < -0.3 is 5.32 Å². The first-order chi connectivity index (χ1) is 12.1. The van der Waals surface area contributed by atoms with Crippen LogP contribution in [0.15, 0.2) is 53.4 Å². The van der Waals surface area contributed by atoms with Crippen LogP contribution in [0.1, 0.15) is 30.0 Å². The summed E-state index contributed by atoms with van der Waals surface area (Å²) in [5, 5.41) is 2.80. The summed E-state index contributed by atoms with van der Waals surface area (Å²) in [6.45, 7) is 2.48. The van der Waals surface area contributed by atoms with Crippen molar-refractivity contribution in [2.75, 3.05) is 12.8 Å². The van der Waals surface area contributed by atoms with E-state index in [0.29, 0.717) is 6.54 Å². The maximum absolute atomic E-state index is 13.7. The van der Waals surface area contributed by atoms with Crippen molar-refractivity contribution in [3.05, 3.63) is 71.0 Å². The Balaban J connectivity index is 1.97. The molecular formula is C21H20FNOS. The number of hydrogen-bond donors (Lipinski definition) is 1. The summed E-state index contributed by atoms with van der Waals surface area (Å²) in [6.07, 6.45) is 6.37. The van der Waals surface area contributed by atoms with Gasteiger partial charge >= 0.3 is 0 Å². The Bertz CT molecular complexity index is 853. The smallest absolute Gasteiger partial charge is 0.224 e. The number of thioether (sulfide) groups is 1. The third kappa shape index (κ3) is 4.02. The summed E-state index contributed by atoms with van der Waals surface area (Å²) >= 11 is 1.70. The van der Waals surface area contributed by atoms with Crippen molar-refractivity contribution < 1.29 is 9.18 Å². The lowest BCUT2D eigenvalue weighted by Crippen LogP contribution is -2.22. The fourth-order valence-corrected chi connectivity index (χ4v) is 3.36. The Morgan fingerprint density at radius 1 is 1.16 bits per heavy atom. The van der Waals surface area contributed by atoms with Crippen molar-refractivity contribution in [1.82, 2.24) is 5.32 Å². The number of fused-ring (bicyclic) bond motifs is 1. The summed E-state index contributed by atoms with van der Waals surface area (Å²) in [6, 6.07) is 13.1. The van der Waals surface area contributed by atoms with Crippen LogP contribution in [-0.2, 0) is 4.79 Å². The molecule has 0 saturated heterocycles. The van der Waals surface area contributed by atoms with Gasteiger partial charge in [-0.2, -0.15) is 0 Å². The Hall–Kier alpha value is -2.33. The van der Waals surface area contributed by atoms with E-state index >= 15 is 0 Å². The first-order valence-electron chi connectivity index (χ1n) is 8.24. The highest BCUT2D eigenvalue weighted by Crippen LogP contribution is 2.38. The van der Waals surface area contributed by atoms with Crippen LogP contribution in [0.2, 0.25) is 0 Å². The molecule has 2 aromatic carbocycles. The fraction of sp³-hybridized carbons (Fsp3) is 0.190. The van der Waals surface area contributed by atoms with Crippen LogP contribution in [0.5, 0.6) is 0 Å². The molecule has 4 heteroatoms. The van der Waals surface area contributed by atoms with Gasteiger partial charge in [0.15, 0.2) is 0 Å². The van der Waals surface area contributed by atoms with Gasteiger partial charge in [-0.05, 0) is 77.4 Å². The molecule has 1 aliphatic rings. The molecule has 2 aromatic rings. The van der Waals surface area contributed by atoms with Crippen molar-refractivity contribution in [3.8, 4) is 0 Å². The summed E-state index contributed by atoms with van der Waals surface area (Å²) in [7, 11) is 0. The van der Waals surface area contributed by atoms with Crippen LogP contribution >= 0.6 is 11.8 Å². The summed E-state index contributed by atoms with van der Waals surface area (Å²) in [5.41, 5.74) is 4.71. The van der Waals surface area contributed by atoms with Crippen LogP contribution in [-0.4, -0.2) is 18.7 Å². The number of nitrogens with one attached hydrogen (secondary N) is 1. The predicted octanol–water partition coefficient (Wildman–Crippen LogP) is 5.01. The summed E-state index contributed by atoms with van der Waals surface area (Å²) in [4.78, 5) is 13.2. The van der Waals surface area contributed by atoms with Gasteiger partial charge in [-0.15, -0.1) is 11.8 Å². The van der Waals surface area contributed by atoms with Gasteiger partial charge in [0.05, 0.1) is 6.42 Å². The van der Waals surface area contributed by atoms with E-state index < -0.39 is 0 Å². The molecule has 2 nitrogen and oxygen atoms in total. The monoisotopic (exact) mass is 353 g/mol. The number of carbonyl (C=O) groups excluding carboxylic acids is 1. The van der Waals surface area contributed by atoms with E-state index in [1.807, 2.05) is 19.3 Å². The highest BCUT2D eigenvalue weighted by molar-refractivity contribution is 7.98. The average Bonchev–Trinajstić information content (AvgIpc) is 2.92. The molecule has 128 valence electrons. The molecule has 0 fully saturated rings. The van der Waals surface area contributed by atoms with Gasteiger partial charge in [0, 0.05) is 11.4 Å². The number of allylic oxidation sites excluding steroid dienone is 2. The highest BCUT2D eigenvalue weighted by atomic mass is 32.2. The first-order valence-corrected chi connectivity index (χ1v) is 9.46. The number of amides is 1. The lowest BCUT2D eigenvalue weighted by atomic mass is 10.0. The lowest BCUT2D eigenvalue weighted by molar-refractivity contribution is -0.119. The third-order valence-corrected chi connectivity index (χ3v) is 4.87. The van der Waals surface area contributed by atoms with E-state index in [1.54, 1.807) is 17.8 Å². The van der Waals surface area contributed by atoms with E-state index in [-0.39, 0.29) is 18.1 Å². The van der Waals surface area contributed by atoms with Crippen molar-refractivity contribution in [3.63, 3.8) is 0 Å². The molecular weight excluding hydrogens is 333 g/mol. The second kappa shape index (κ2) is 7.70. The molecule has 0 radical (unpaired) electrons. The zero-order valence-electron chi connectivity index (χ0n) is 14.3. The molecule has 0 heterocycles. The number of carbonyl (C=O) groups is 1. The minimum absolute atomic E-state index is 0.0467. The van der Waals surface area contributed by atoms with Gasteiger partial charge in [0.1, 0.15) is 5.82 Å². The van der Waals surface area contributed by atoms with E-state index in [9.17, 15) is 9.18 Å². The van der Waals surface area contributed by atoms with Crippen molar-refractivity contribution in [2.24, 2.45) is 0 Å². The minimum Gasteiger partial charge on any atom is -0.356 e. The Morgan fingerprint density at radius 3 is 2.60 bits per heavy atom. The van der Waals surface area contributed by atoms with Crippen LogP contribution in [0, 0.1) is 5.82 Å². The van der Waals surface area contributed by atoms with Gasteiger partial charge in [0.2, 0.25) is 5.91 Å². The first kappa shape index (κ1) is 17.5. The standard InChI is InChI=1S/C21H20FNOS/c1-3-23-21(24)12-16-11-15(19-9-6-17(22)13-20(16)19)10-14-4-7-18(25-2)8-5-14/h4-11,13H,3,12H2,1-2H3,(H,23,24)/b15-10-. The van der Waals surface area contributed by atoms with Crippen LogP contribution in [0.4, 0.5) is 4.39 Å². The average molecular weight is 353 g/mol. The lowest BCUT2D eigenvalue weighted by Gasteiger charge is -2.06. The molecule has 0 unspecified atom stereocenters. The minimum atomic E-state index is -0.286. The van der Waals surface area contributed by atoms with Crippen molar-refractivity contribution >= 4 is 34.9 Å². The second-order valence-electron chi connectivity index (χ2n) is 5.86. The zero-order chi connectivity index (χ0) is 17.8. The molecule has 0 atom stereocenters. The van der Waals surface area contributed by atoms with Crippen LogP contribution in [0.25, 0.3) is 17.2 Å². The van der Waals surface area contributed by atoms with Crippen molar-refractivity contribution in [2.45, 2.75) is 18.2 Å². The van der Waals surface area contributed by atoms with E-state index in [0.717, 1.165) is 27.8 Å². The molecule has 1 aliphatic carbocycles. The normalized spacial score (nSPS) is 14.4. The Morgan fingerprint density at radius 2 is 1.92 bits per heavy atom. The number of rotatable bonds is 5. The van der Waals surface area contributed by atoms with E-state index in [2.05, 4.69) is 35.7 Å². The van der Waals surface area contributed by atoms with Crippen molar-refractivity contribution in [1.29, 1.82) is 0 Å². The van der Waals surface area contributed by atoms with Crippen LogP contribution < -0.4 is 5.32 Å². The maximum Gasteiger partial charge on any atom is 0.224 e. The van der Waals surface area contributed by atoms with Crippen LogP contribution in [0.3, 0.4) is 0 Å². The predicted molar refractivity (Wildman–Crippen MR) is 104 cm³/mol. The quantitative estimate of drug-likeness (QED) is 0.766. The zero-order valence-corrected chi connectivity index (χ0v) is 15.1. The number of hydrogen-bond acceptors (Lipinski definition) is 2. The largest absolute Gasteiger partial charge is 0.356 e. The Labute approximate surface area is 151 Å². The topological polar surface area (TPSA) is 29.1 Å². The third-order valence-electron chi connectivity index (χ3n) is 4.13. The van der Waals surface area contributed by atoms with Gasteiger partial charge in [-0.1, -0.05) is 18.2 Å². The van der Waals surface area contributed by atoms with Gasteiger partial charge in [-0.25, -0.2) is 4.39 Å².